The zero-order chi connectivity index (χ0) is 91.2. The summed E-state index contributed by atoms with van der Waals surface area (Å²) in [5.41, 5.74) is 7.70. The van der Waals surface area contributed by atoms with E-state index in [0.29, 0.717) is 52.5 Å². The van der Waals surface area contributed by atoms with Gasteiger partial charge in [-0.25, -0.2) is 43.7 Å². The molecular weight excluding hydrogens is 932 g/mol. The molecule has 0 spiro atoms. The molecule has 396 valence electrons. The number of H-pyrrole nitrogens is 3. The highest BCUT2D eigenvalue weighted by Crippen LogP contribution is 2.43. The van der Waals surface area contributed by atoms with Crippen LogP contribution in [0.1, 0.15) is 125 Å². The topological polar surface area (TPSA) is 236 Å². The van der Waals surface area contributed by atoms with E-state index in [-0.39, 0.29) is 52.2 Å². The summed E-state index contributed by atoms with van der Waals surface area (Å²) in [5.74, 6) is 1.21. The predicted molar refractivity (Wildman–Crippen MR) is 302 cm³/mol. The van der Waals surface area contributed by atoms with Crippen molar-refractivity contribution in [2.24, 2.45) is 0 Å². The number of rotatable bonds is 6. The van der Waals surface area contributed by atoms with Crippen molar-refractivity contribution in [3.8, 4) is 39.9 Å². The van der Waals surface area contributed by atoms with Gasteiger partial charge in [0.15, 0.2) is 11.5 Å². The van der Waals surface area contributed by atoms with Crippen LogP contribution in [0, 0.1) is 25.5 Å². The van der Waals surface area contributed by atoms with Gasteiger partial charge < -0.3 is 34.4 Å². The Morgan fingerprint density at radius 2 is 1.58 bits per heavy atom. The fourth-order valence-electron chi connectivity index (χ4n) is 7.40. The van der Waals surface area contributed by atoms with Crippen LogP contribution in [-0.4, -0.2) is 95.5 Å². The summed E-state index contributed by atoms with van der Waals surface area (Å²) in [6, 6.07) is 6.06. The average molecular weight is 1060 g/mol. The molecule has 69 heavy (non-hydrogen) atoms. The molecule has 9 aromatic rings. The van der Waals surface area contributed by atoms with E-state index in [9.17, 15) is 8.78 Å². The van der Waals surface area contributed by atoms with Gasteiger partial charge in [0.05, 0.1) is 76.4 Å². The highest BCUT2D eigenvalue weighted by Gasteiger charge is 2.52. The number of hydrogen-bond donors (Lipinski definition) is 5. The Bertz CT molecular complexity index is 3320. The molecule has 1 saturated heterocycles. The number of nitrogens with zero attached hydrogens (tertiary/aromatic N) is 10. The molecule has 0 radical (unpaired) electrons. The Morgan fingerprint density at radius 1 is 0.899 bits per heavy atom. The first-order chi connectivity index (χ1) is 53.9. The van der Waals surface area contributed by atoms with Gasteiger partial charge in [-0.05, 0) is 101 Å². The summed E-state index contributed by atoms with van der Waals surface area (Å²) >= 11 is 11.9. The number of ether oxygens (including phenoxy) is 1. The molecule has 23 heteroatoms. The van der Waals surface area contributed by atoms with Gasteiger partial charge in [-0.1, -0.05) is 18.5 Å². The Balaban J connectivity index is -0.0000000843. The second-order valence-corrected chi connectivity index (χ2v) is 17.4. The van der Waals surface area contributed by atoms with Crippen LogP contribution in [0.2, 0.25) is 10.4 Å². The van der Waals surface area contributed by atoms with Gasteiger partial charge in [-0.3, -0.25) is 5.10 Å². The quantitative estimate of drug-likeness (QED) is 0.0591. The van der Waals surface area contributed by atoms with Gasteiger partial charge in [-0.15, -0.1) is 0 Å². The highest BCUT2D eigenvalue weighted by atomic mass is 35.5. The molecular formula is C46H87BCl2F2N14O4. The molecule has 0 unspecified atom stereocenters. The molecule has 0 atom stereocenters. The van der Waals surface area contributed by atoms with Crippen LogP contribution in [0.5, 0.6) is 17.5 Å². The zero-order valence-electron chi connectivity index (χ0n) is 80.6. The fourth-order valence-corrected chi connectivity index (χ4v) is 7.92. The second kappa shape index (κ2) is 19.8. The van der Waals surface area contributed by atoms with Crippen molar-refractivity contribution < 1.29 is 90.3 Å². The van der Waals surface area contributed by atoms with E-state index in [1.54, 1.807) is 58.2 Å². The minimum atomic E-state index is -0.331. The second-order valence-electron chi connectivity index (χ2n) is 16.7. The van der Waals surface area contributed by atoms with Crippen LogP contribution < -0.4 is 15.6 Å². The number of fused-ring (bicyclic) bond motifs is 6. The number of halogens is 4. The SMILES string of the molecule is CC1(C)OB(c2cnc[nH]2)OC1(C)C.CCc1cc(F)cc2c1[nH]c1nc(Oc3cnc(C)nc3)nc(-c3cn[nH]c3)c12.CNc1cc(F)cc2c1Cc1nc(Cl)nc(Cl)c1-2.Cc1ncc(O)cn1.[2H][2H].[2H][2H].[2H][2H].[2H][2H].[2H][2H].[2H][2H].[2H][2H].[2H][2H].[2H][2H].[2H][2H].[2H][2H].[2H][2H].[2H][2H].[2H][2H].[2H][2H].[2H][2H].[2H][2H].[2H][2H].[2H][2H].[2H][2H].[2H][2H]. The third-order valence-corrected chi connectivity index (χ3v) is 12.0. The molecule has 2 aromatic carbocycles. The average Bonchev–Trinajstić information content (AvgIpc) is 1.62. The molecule has 7 aromatic heterocycles. The number of nitrogens with one attached hydrogen (secondary N) is 4. The summed E-state index contributed by atoms with van der Waals surface area (Å²) in [5, 5.41) is 20.2. The lowest BCUT2D eigenvalue weighted by Gasteiger charge is -2.32. The first kappa shape index (κ1) is 28.3. The minimum absolute atomic E-state index is 0.107. The maximum Gasteiger partial charge on any atom is 0.513 e. The summed E-state index contributed by atoms with van der Waals surface area (Å²) in [4.78, 5) is 43.1. The summed E-state index contributed by atoms with van der Waals surface area (Å²) in [6.07, 6.45) is 13.8. The number of aromatic hydroxyl groups is 1. The van der Waals surface area contributed by atoms with Crippen molar-refractivity contribution >= 4 is 63.5 Å². The Labute approximate surface area is 469 Å². The van der Waals surface area contributed by atoms with Crippen LogP contribution in [0.3, 0.4) is 0 Å². The molecule has 0 amide bonds. The highest BCUT2D eigenvalue weighted by molar-refractivity contribution is 6.61. The normalized spacial score (nSPS) is 16.4. The van der Waals surface area contributed by atoms with Gasteiger partial charge in [0.2, 0.25) is 5.28 Å². The summed E-state index contributed by atoms with van der Waals surface area (Å²) < 4.78 is 255. The maximum atomic E-state index is 14.3. The maximum absolute atomic E-state index is 14.3. The number of hydrogen-bond acceptors (Lipinski definition) is 15. The predicted octanol–water partition coefficient (Wildman–Crippen LogP) is 14.0. The number of imidazole rings is 1. The third-order valence-electron chi connectivity index (χ3n) is 11.5. The molecule has 18 nitrogen and oxygen atoms in total. The Kier molecular flexibility index (Phi) is 8.13. The number of anilines is 1. The number of aromatic amines is 3. The van der Waals surface area contributed by atoms with Crippen molar-refractivity contribution in [3.05, 3.63) is 125 Å². The molecule has 1 fully saturated rings. The zero-order valence-corrected chi connectivity index (χ0v) is 40.1. The molecule has 0 bridgehead atoms. The molecule has 2 aliphatic rings. The Morgan fingerprint density at radius 3 is 2.19 bits per heavy atom. The largest absolute Gasteiger partial charge is 0.513 e. The van der Waals surface area contributed by atoms with Crippen LogP contribution in [0.25, 0.3) is 44.3 Å². The lowest BCUT2D eigenvalue weighted by Crippen LogP contribution is -2.41. The van der Waals surface area contributed by atoms with Crippen molar-refractivity contribution in [3.63, 3.8) is 0 Å². The lowest BCUT2D eigenvalue weighted by molar-refractivity contribution is 0.00578. The monoisotopic (exact) mass is 1060 g/mol. The number of aromatic nitrogens is 13. The summed E-state index contributed by atoms with van der Waals surface area (Å²) in [6.45, 7) is 13.7. The van der Waals surface area contributed by atoms with Crippen LogP contribution in [0.4, 0.5) is 14.5 Å². The Hall–Kier alpha value is -7.20. The van der Waals surface area contributed by atoms with Crippen LogP contribution in [0.15, 0.2) is 74.0 Å². The van der Waals surface area contributed by atoms with Gasteiger partial charge in [0.1, 0.15) is 34.1 Å². The molecule has 1 aliphatic carbocycles. The van der Waals surface area contributed by atoms with Gasteiger partial charge >= 0.3 is 13.1 Å². The molecule has 0 saturated carbocycles. The van der Waals surface area contributed by atoms with Gasteiger partial charge in [0.25, 0.3) is 0 Å². The van der Waals surface area contributed by atoms with Crippen molar-refractivity contribution in [2.75, 3.05) is 12.4 Å². The molecule has 5 N–H and O–H groups in total. The van der Waals surface area contributed by atoms with Crippen molar-refractivity contribution in [2.45, 2.75) is 72.5 Å². The van der Waals surface area contributed by atoms with E-state index in [1.807, 2.05) is 34.6 Å². The molecule has 1 aliphatic heterocycles. The van der Waals surface area contributed by atoms with Gasteiger partial charge in [-0.2, -0.15) is 15.1 Å². The van der Waals surface area contributed by atoms with Gasteiger partial charge in [0, 0.05) is 110 Å². The lowest BCUT2D eigenvalue weighted by atomic mass is 9.86. The van der Waals surface area contributed by atoms with Crippen LogP contribution in [-0.2, 0) is 22.2 Å². The van der Waals surface area contributed by atoms with E-state index < -0.39 is 0 Å². The third kappa shape index (κ3) is 10.5. The number of benzene rings is 2. The van der Waals surface area contributed by atoms with Crippen molar-refractivity contribution in [1.29, 1.82) is 0 Å². The summed E-state index contributed by atoms with van der Waals surface area (Å²) in [7, 11) is 1.42. The fraction of sp³-hybridized carbons (Fsp3) is 0.261. The van der Waals surface area contributed by atoms with Crippen molar-refractivity contribution in [1.82, 2.24) is 65.0 Å². The molecule has 8 heterocycles. The minimum Gasteiger partial charge on any atom is -0.505 e. The van der Waals surface area contributed by atoms with E-state index >= 15 is 0 Å². The number of aryl methyl sites for hydroxylation is 3. The standard InChI is InChI=1S/C20H16FN7O.C12H8Cl2FN3.C9H15BN2O2.C5H6N2O.21H2/c1-3-11-4-13(21)5-15-16-18(12-6-24-25-7-12)27-20(28-19(16)26-17(11)15)29-14-8-22-10(2)23-9-14;1-16-8-3-5(15)2-7-6(8)4-9-10(7)11(13)18-12(14)17-9;1-8(2)9(3,4)14-10(13-8)7-5-11-6-12-7;1-4-6-2-5(8)3-7-4;;;;;;;;;;;;;;;;;;;;;/h4-9H,3H2,1-2H3,(H,24,25)(H,26,27,28);2-3,16H,4H2,1H3;5-6H,1-4H3,(H,11,12);2-3,8H,1H3;21*1H/i;;;;21*1+1D. The van der Waals surface area contributed by atoms with E-state index in [0.717, 1.165) is 50.1 Å². The van der Waals surface area contributed by atoms with E-state index in [2.05, 4.69) is 70.3 Å². The van der Waals surface area contributed by atoms with E-state index in [4.69, 9.17) is 105 Å². The molecule has 11 rings (SSSR count). The van der Waals surface area contributed by atoms with Crippen LogP contribution >= 0.6 is 23.2 Å². The first-order valence-electron chi connectivity index (χ1n) is 42.4. The first-order valence-corrected chi connectivity index (χ1v) is 22.2. The smallest absolute Gasteiger partial charge is 0.505 e. The van der Waals surface area contributed by atoms with E-state index in [1.165, 1.54) is 36.7 Å².